The number of amides is 1. The van der Waals surface area contributed by atoms with Crippen LogP contribution in [-0.2, 0) is 0 Å². The maximum atomic E-state index is 12.9. The summed E-state index contributed by atoms with van der Waals surface area (Å²) in [6.45, 7) is 2.12. The van der Waals surface area contributed by atoms with Crippen molar-refractivity contribution in [2.45, 2.75) is 19.4 Å². The molecule has 7 heteroatoms. The van der Waals surface area contributed by atoms with Gasteiger partial charge in [0.1, 0.15) is 0 Å². The largest absolute Gasteiger partial charge is 0.318 e. The fraction of sp³-hybridized carbons (Fsp3) is 0.120. The van der Waals surface area contributed by atoms with E-state index in [1.54, 1.807) is 12.4 Å². The van der Waals surface area contributed by atoms with E-state index in [9.17, 15) is 4.79 Å². The molecule has 5 rings (SSSR count). The van der Waals surface area contributed by atoms with Crippen LogP contribution in [0.25, 0.3) is 22.0 Å². The maximum Gasteiger partial charge on any atom is 0.276 e. The second kappa shape index (κ2) is 8.47. The number of carbonyl (C=O) groups is 1. The lowest BCUT2D eigenvalue weighted by Gasteiger charge is -2.15. The van der Waals surface area contributed by atoms with Gasteiger partial charge >= 0.3 is 0 Å². The van der Waals surface area contributed by atoms with Crippen molar-refractivity contribution in [3.8, 4) is 11.1 Å². The molecule has 0 saturated carbocycles. The van der Waals surface area contributed by atoms with Gasteiger partial charge in [-0.3, -0.25) is 19.6 Å². The summed E-state index contributed by atoms with van der Waals surface area (Å²) in [4.78, 5) is 17.1. The highest BCUT2D eigenvalue weighted by Crippen LogP contribution is 2.26. The molecule has 158 valence electrons. The number of fused-ring (bicyclic) bond motifs is 1. The molecule has 0 aliphatic rings. The molecule has 2 aromatic carbocycles. The molecule has 0 aliphatic carbocycles. The van der Waals surface area contributed by atoms with Crippen LogP contribution in [0.4, 0.5) is 5.69 Å². The van der Waals surface area contributed by atoms with Crippen molar-refractivity contribution < 1.29 is 4.79 Å². The van der Waals surface area contributed by atoms with E-state index in [0.717, 1.165) is 28.5 Å². The number of nitrogens with one attached hydrogen (secondary N) is 2. The molecule has 7 nitrogen and oxygen atoms in total. The van der Waals surface area contributed by atoms with E-state index in [-0.39, 0.29) is 11.9 Å². The highest BCUT2D eigenvalue weighted by atomic mass is 16.2. The van der Waals surface area contributed by atoms with Crippen molar-refractivity contribution in [2.75, 3.05) is 5.32 Å². The Hall–Kier alpha value is -4.26. The number of nitrogens with zero attached hydrogens (tertiary/aromatic N) is 4. The van der Waals surface area contributed by atoms with Crippen LogP contribution in [-0.4, -0.2) is 30.9 Å². The topological polar surface area (TPSA) is 88.5 Å². The zero-order chi connectivity index (χ0) is 21.9. The molecule has 1 atom stereocenters. The minimum absolute atomic E-state index is 0.110. The smallest absolute Gasteiger partial charge is 0.276 e. The molecule has 0 fully saturated rings. The summed E-state index contributed by atoms with van der Waals surface area (Å²) in [5.74, 6) is -0.280. The predicted octanol–water partition coefficient (Wildman–Crippen LogP) is 5.07. The van der Waals surface area contributed by atoms with E-state index in [0.29, 0.717) is 11.4 Å². The summed E-state index contributed by atoms with van der Waals surface area (Å²) in [7, 11) is 0. The van der Waals surface area contributed by atoms with Gasteiger partial charge in [0.2, 0.25) is 0 Å². The molecule has 0 spiro atoms. The van der Waals surface area contributed by atoms with Crippen molar-refractivity contribution >= 4 is 22.5 Å². The van der Waals surface area contributed by atoms with Gasteiger partial charge in [0.05, 0.1) is 23.4 Å². The number of benzene rings is 2. The van der Waals surface area contributed by atoms with E-state index >= 15 is 0 Å². The Kier molecular flexibility index (Phi) is 5.21. The van der Waals surface area contributed by atoms with Gasteiger partial charge in [-0.05, 0) is 35.7 Å². The summed E-state index contributed by atoms with van der Waals surface area (Å²) in [6, 6.07) is 20.1. The maximum absolute atomic E-state index is 12.9. The molecule has 0 saturated heterocycles. The third kappa shape index (κ3) is 3.76. The zero-order valence-electron chi connectivity index (χ0n) is 17.6. The van der Waals surface area contributed by atoms with Crippen LogP contribution < -0.4 is 5.32 Å². The Balaban J connectivity index is 1.36. The van der Waals surface area contributed by atoms with Gasteiger partial charge in [-0.1, -0.05) is 49.4 Å². The highest BCUT2D eigenvalue weighted by molar-refractivity contribution is 6.11. The number of aromatic nitrogens is 5. The Morgan fingerprint density at radius 1 is 1.06 bits per heavy atom. The number of hydrogen-bond acceptors (Lipinski definition) is 4. The number of carbonyl (C=O) groups excluding carboxylic acids is 1. The zero-order valence-corrected chi connectivity index (χ0v) is 17.6. The van der Waals surface area contributed by atoms with Gasteiger partial charge in [-0.2, -0.15) is 10.2 Å². The molecule has 1 amide bonds. The summed E-state index contributed by atoms with van der Waals surface area (Å²) < 4.78 is 1.88. The minimum atomic E-state index is -0.280. The van der Waals surface area contributed by atoms with Crippen LogP contribution in [0.5, 0.6) is 0 Å². The van der Waals surface area contributed by atoms with Crippen molar-refractivity contribution in [3.63, 3.8) is 0 Å². The fourth-order valence-electron chi connectivity index (χ4n) is 3.92. The van der Waals surface area contributed by atoms with E-state index in [4.69, 9.17) is 0 Å². The first kappa shape index (κ1) is 19.7. The minimum Gasteiger partial charge on any atom is -0.318 e. The molecule has 0 radical (unpaired) electrons. The SMILES string of the molecule is CC[C@@H](c1ccccc1)n1cc(NC(=O)c2n[nH]c3cc(-c4cccnc4)ccc23)cn1. The Morgan fingerprint density at radius 3 is 2.72 bits per heavy atom. The average Bonchev–Trinajstić information content (AvgIpc) is 3.47. The number of H-pyrrole nitrogens is 1. The van der Waals surface area contributed by atoms with Crippen molar-refractivity contribution in [1.82, 2.24) is 25.0 Å². The second-order valence-corrected chi connectivity index (χ2v) is 7.57. The Labute approximate surface area is 185 Å². The fourth-order valence-corrected chi connectivity index (χ4v) is 3.92. The molecule has 3 aromatic heterocycles. The average molecular weight is 422 g/mol. The van der Waals surface area contributed by atoms with Crippen molar-refractivity contribution in [1.29, 1.82) is 0 Å². The van der Waals surface area contributed by atoms with Crippen LogP contribution in [0.1, 0.15) is 35.4 Å². The summed E-state index contributed by atoms with van der Waals surface area (Å²) in [5, 5.41) is 15.4. The third-order valence-corrected chi connectivity index (χ3v) is 5.52. The van der Waals surface area contributed by atoms with Gasteiger partial charge in [0.25, 0.3) is 5.91 Å². The molecule has 5 aromatic rings. The first-order valence-corrected chi connectivity index (χ1v) is 10.5. The van der Waals surface area contributed by atoms with Crippen LogP contribution in [0, 0.1) is 0 Å². The van der Waals surface area contributed by atoms with E-state index in [1.807, 2.05) is 65.6 Å². The van der Waals surface area contributed by atoms with Crippen LogP contribution in [0.15, 0.2) is 85.5 Å². The molecule has 0 unspecified atom stereocenters. The second-order valence-electron chi connectivity index (χ2n) is 7.57. The van der Waals surface area contributed by atoms with Crippen LogP contribution in [0.3, 0.4) is 0 Å². The first-order valence-electron chi connectivity index (χ1n) is 10.5. The molecular weight excluding hydrogens is 400 g/mol. The first-order chi connectivity index (χ1) is 15.7. The van der Waals surface area contributed by atoms with Gasteiger partial charge in [0.15, 0.2) is 5.69 Å². The van der Waals surface area contributed by atoms with Crippen molar-refractivity contribution in [2.24, 2.45) is 0 Å². The number of rotatable bonds is 6. The quantitative estimate of drug-likeness (QED) is 0.400. The number of hydrogen-bond donors (Lipinski definition) is 2. The van der Waals surface area contributed by atoms with Gasteiger partial charge < -0.3 is 5.32 Å². The van der Waals surface area contributed by atoms with Gasteiger partial charge in [0, 0.05) is 29.5 Å². The highest BCUT2D eigenvalue weighted by Gasteiger charge is 2.17. The normalized spacial score (nSPS) is 12.0. The summed E-state index contributed by atoms with van der Waals surface area (Å²) in [6.07, 6.45) is 7.96. The molecule has 0 aliphatic heterocycles. The van der Waals surface area contributed by atoms with E-state index in [1.165, 1.54) is 5.56 Å². The molecular formula is C25H22N6O. The Morgan fingerprint density at radius 2 is 1.94 bits per heavy atom. The van der Waals surface area contributed by atoms with Crippen LogP contribution >= 0.6 is 0 Å². The molecule has 3 heterocycles. The third-order valence-electron chi connectivity index (χ3n) is 5.52. The van der Waals surface area contributed by atoms with Gasteiger partial charge in [-0.25, -0.2) is 0 Å². The lowest BCUT2D eigenvalue weighted by atomic mass is 10.1. The lowest BCUT2D eigenvalue weighted by Crippen LogP contribution is -2.13. The number of anilines is 1. The van der Waals surface area contributed by atoms with Gasteiger partial charge in [-0.15, -0.1) is 0 Å². The summed E-state index contributed by atoms with van der Waals surface area (Å²) >= 11 is 0. The molecule has 2 N–H and O–H groups in total. The number of pyridine rings is 1. The standard InChI is InChI=1S/C25H22N6O/c1-2-23(17-7-4-3-5-8-17)31-16-20(15-27-31)28-25(32)24-21-11-10-18(13-22(21)29-30-24)19-9-6-12-26-14-19/h3-16,23H,2H2,1H3,(H,28,32)(H,29,30)/t23-/m0/s1. The van der Waals surface area contributed by atoms with Crippen molar-refractivity contribution in [3.05, 3.63) is 96.7 Å². The lowest BCUT2D eigenvalue weighted by molar-refractivity contribution is 0.102. The molecule has 0 bridgehead atoms. The van der Waals surface area contributed by atoms with E-state index < -0.39 is 0 Å². The molecule has 32 heavy (non-hydrogen) atoms. The Bertz CT molecular complexity index is 1360. The predicted molar refractivity (Wildman–Crippen MR) is 124 cm³/mol. The number of aromatic amines is 1. The van der Waals surface area contributed by atoms with Crippen LogP contribution in [0.2, 0.25) is 0 Å². The monoisotopic (exact) mass is 422 g/mol. The summed E-state index contributed by atoms with van der Waals surface area (Å²) in [5.41, 5.74) is 4.97. The van der Waals surface area contributed by atoms with E-state index in [2.05, 4.69) is 44.7 Å².